The van der Waals surface area contributed by atoms with Gasteiger partial charge in [-0.15, -0.1) is 0 Å². The molecule has 1 atom stereocenters. The van der Waals surface area contributed by atoms with Crippen LogP contribution < -0.4 is 10.6 Å². The first-order valence-electron chi connectivity index (χ1n) is 7.84. The summed E-state index contributed by atoms with van der Waals surface area (Å²) in [6, 6.07) is 5.73. The van der Waals surface area contributed by atoms with Gasteiger partial charge in [0.05, 0.1) is 5.69 Å². The number of thioether (sulfide) groups is 1. The molecule has 0 spiro atoms. The predicted octanol–water partition coefficient (Wildman–Crippen LogP) is 3.83. The zero-order valence-corrected chi connectivity index (χ0v) is 14.2. The Kier molecular flexibility index (Phi) is 5.55. The van der Waals surface area contributed by atoms with Crippen molar-refractivity contribution in [3.05, 3.63) is 29.6 Å². The highest BCUT2D eigenvalue weighted by molar-refractivity contribution is 8.00. The van der Waals surface area contributed by atoms with Crippen LogP contribution in [0.25, 0.3) is 0 Å². The van der Waals surface area contributed by atoms with Crippen molar-refractivity contribution in [2.45, 2.75) is 50.8 Å². The predicted molar refractivity (Wildman–Crippen MR) is 91.7 cm³/mol. The number of rotatable bonds is 4. The van der Waals surface area contributed by atoms with E-state index in [1.165, 1.54) is 0 Å². The minimum absolute atomic E-state index is 0.111. The van der Waals surface area contributed by atoms with E-state index in [0.29, 0.717) is 4.75 Å². The number of halogens is 1. The van der Waals surface area contributed by atoms with Gasteiger partial charge in [0, 0.05) is 29.6 Å². The maximum atomic E-state index is 14.4. The lowest BCUT2D eigenvalue weighted by molar-refractivity contribution is 0.596. The van der Waals surface area contributed by atoms with Gasteiger partial charge >= 0.3 is 0 Å². The van der Waals surface area contributed by atoms with Gasteiger partial charge in [0.15, 0.2) is 0 Å². The van der Waals surface area contributed by atoms with Crippen molar-refractivity contribution < 1.29 is 4.39 Å². The third kappa shape index (κ3) is 4.62. The van der Waals surface area contributed by atoms with E-state index in [9.17, 15) is 4.39 Å². The third-order valence-electron chi connectivity index (χ3n) is 4.21. The lowest BCUT2D eigenvalue weighted by Gasteiger charge is -2.25. The molecule has 4 heteroatoms. The van der Waals surface area contributed by atoms with Gasteiger partial charge in [-0.05, 0) is 37.0 Å². The summed E-state index contributed by atoms with van der Waals surface area (Å²) in [5, 5.41) is 0. The van der Waals surface area contributed by atoms with Crippen LogP contribution in [0.4, 0.5) is 10.1 Å². The Hall–Kier alpha value is -0.740. The molecule has 118 valence electrons. The largest absolute Gasteiger partial charge is 0.368 e. The standard InChI is InChI=1S/C17H27FN2S/c1-4-14(19)11-13-5-6-16(15(18)12-13)20-8-7-17(2,3)21-10-9-20/h5-6,12,14H,4,7-11,19H2,1-3H3. The van der Waals surface area contributed by atoms with Gasteiger partial charge in [-0.3, -0.25) is 0 Å². The Morgan fingerprint density at radius 1 is 1.38 bits per heavy atom. The van der Waals surface area contributed by atoms with E-state index < -0.39 is 0 Å². The molecule has 1 saturated heterocycles. The second kappa shape index (κ2) is 7.01. The highest BCUT2D eigenvalue weighted by Gasteiger charge is 2.24. The number of hydrogen-bond acceptors (Lipinski definition) is 3. The molecule has 1 unspecified atom stereocenters. The Morgan fingerprint density at radius 3 is 2.81 bits per heavy atom. The van der Waals surface area contributed by atoms with Gasteiger partial charge in [-0.25, -0.2) is 4.39 Å². The van der Waals surface area contributed by atoms with Crippen LogP contribution in [0.1, 0.15) is 39.2 Å². The molecule has 0 bridgehead atoms. The minimum Gasteiger partial charge on any atom is -0.368 e. The molecule has 1 aromatic rings. The lowest BCUT2D eigenvalue weighted by atomic mass is 10.0. The Bertz CT molecular complexity index is 476. The quantitative estimate of drug-likeness (QED) is 0.916. The van der Waals surface area contributed by atoms with E-state index in [0.717, 1.165) is 49.4 Å². The zero-order valence-electron chi connectivity index (χ0n) is 13.4. The lowest BCUT2D eigenvalue weighted by Crippen LogP contribution is -2.28. The minimum atomic E-state index is -0.111. The molecule has 1 aromatic carbocycles. The summed E-state index contributed by atoms with van der Waals surface area (Å²) >= 11 is 1.98. The molecule has 1 aliphatic rings. The van der Waals surface area contributed by atoms with Gasteiger partial charge in [-0.1, -0.05) is 26.8 Å². The fourth-order valence-electron chi connectivity index (χ4n) is 2.64. The number of nitrogens with two attached hydrogens (primary N) is 1. The van der Waals surface area contributed by atoms with E-state index in [1.54, 1.807) is 6.07 Å². The molecule has 0 amide bonds. The fourth-order valence-corrected chi connectivity index (χ4v) is 3.74. The van der Waals surface area contributed by atoms with Crippen molar-refractivity contribution in [1.29, 1.82) is 0 Å². The van der Waals surface area contributed by atoms with Crippen molar-refractivity contribution in [1.82, 2.24) is 0 Å². The monoisotopic (exact) mass is 310 g/mol. The smallest absolute Gasteiger partial charge is 0.146 e. The summed E-state index contributed by atoms with van der Waals surface area (Å²) in [5.41, 5.74) is 7.68. The molecule has 2 rings (SSSR count). The van der Waals surface area contributed by atoms with Crippen LogP contribution in [0.2, 0.25) is 0 Å². The molecule has 21 heavy (non-hydrogen) atoms. The van der Waals surface area contributed by atoms with Crippen molar-refractivity contribution in [2.75, 3.05) is 23.7 Å². The molecule has 1 heterocycles. The fraction of sp³-hybridized carbons (Fsp3) is 0.647. The van der Waals surface area contributed by atoms with E-state index in [2.05, 4.69) is 25.7 Å². The molecule has 0 saturated carbocycles. The highest BCUT2D eigenvalue weighted by Crippen LogP contribution is 2.33. The summed E-state index contributed by atoms with van der Waals surface area (Å²) < 4.78 is 14.7. The molecule has 1 aliphatic heterocycles. The second-order valence-corrected chi connectivity index (χ2v) is 8.31. The van der Waals surface area contributed by atoms with Crippen LogP contribution in [-0.2, 0) is 6.42 Å². The first-order chi connectivity index (χ1) is 9.91. The van der Waals surface area contributed by atoms with Crippen LogP contribution in [0.3, 0.4) is 0 Å². The third-order valence-corrected chi connectivity index (χ3v) is 5.59. The van der Waals surface area contributed by atoms with E-state index in [1.807, 2.05) is 23.9 Å². The van der Waals surface area contributed by atoms with Crippen molar-refractivity contribution >= 4 is 17.4 Å². The molecule has 0 aromatic heterocycles. The Balaban J connectivity index is 2.10. The Labute approximate surface area is 132 Å². The van der Waals surface area contributed by atoms with Gasteiger partial charge in [0.1, 0.15) is 5.82 Å². The van der Waals surface area contributed by atoms with Crippen LogP contribution in [0, 0.1) is 5.82 Å². The maximum Gasteiger partial charge on any atom is 0.146 e. The van der Waals surface area contributed by atoms with Gasteiger partial charge in [0.25, 0.3) is 0 Å². The van der Waals surface area contributed by atoms with Crippen LogP contribution in [0.15, 0.2) is 18.2 Å². The van der Waals surface area contributed by atoms with E-state index >= 15 is 0 Å². The molecule has 2 nitrogen and oxygen atoms in total. The zero-order chi connectivity index (χ0) is 15.5. The summed E-state index contributed by atoms with van der Waals surface area (Å²) in [6.45, 7) is 8.44. The molecular formula is C17H27FN2S. The van der Waals surface area contributed by atoms with Crippen molar-refractivity contribution in [3.8, 4) is 0 Å². The summed E-state index contributed by atoms with van der Waals surface area (Å²) in [5.74, 6) is 0.940. The topological polar surface area (TPSA) is 29.3 Å². The second-order valence-electron chi connectivity index (χ2n) is 6.50. The Morgan fingerprint density at radius 2 is 2.14 bits per heavy atom. The SMILES string of the molecule is CCC(N)Cc1ccc(N2CCSC(C)(C)CC2)c(F)c1. The van der Waals surface area contributed by atoms with Crippen molar-refractivity contribution in [3.63, 3.8) is 0 Å². The van der Waals surface area contributed by atoms with E-state index in [4.69, 9.17) is 5.73 Å². The molecule has 1 fully saturated rings. The number of nitrogens with zero attached hydrogens (tertiary/aromatic N) is 1. The van der Waals surface area contributed by atoms with Crippen LogP contribution in [-0.4, -0.2) is 29.6 Å². The molecule has 0 radical (unpaired) electrons. The van der Waals surface area contributed by atoms with Crippen molar-refractivity contribution in [2.24, 2.45) is 5.73 Å². The normalized spacial score (nSPS) is 20.1. The molecule has 0 aliphatic carbocycles. The van der Waals surface area contributed by atoms with Crippen LogP contribution in [0.5, 0.6) is 0 Å². The number of benzene rings is 1. The number of anilines is 1. The maximum absolute atomic E-state index is 14.4. The van der Waals surface area contributed by atoms with Crippen LogP contribution >= 0.6 is 11.8 Å². The summed E-state index contributed by atoms with van der Waals surface area (Å²) in [4.78, 5) is 2.18. The summed E-state index contributed by atoms with van der Waals surface area (Å²) in [7, 11) is 0. The van der Waals surface area contributed by atoms with Gasteiger partial charge in [0.2, 0.25) is 0 Å². The highest BCUT2D eigenvalue weighted by atomic mass is 32.2. The van der Waals surface area contributed by atoms with E-state index in [-0.39, 0.29) is 11.9 Å². The van der Waals surface area contributed by atoms with Gasteiger partial charge in [-0.2, -0.15) is 11.8 Å². The average molecular weight is 310 g/mol. The molecular weight excluding hydrogens is 283 g/mol. The average Bonchev–Trinajstić information content (AvgIpc) is 2.60. The first-order valence-corrected chi connectivity index (χ1v) is 8.83. The van der Waals surface area contributed by atoms with Gasteiger partial charge < -0.3 is 10.6 Å². The number of hydrogen-bond donors (Lipinski definition) is 1. The first kappa shape index (κ1) is 16.6. The summed E-state index contributed by atoms with van der Waals surface area (Å²) in [6.07, 6.45) is 2.75. The molecule has 2 N–H and O–H groups in total.